The molecule has 1 unspecified atom stereocenters. The van der Waals surface area contributed by atoms with Crippen molar-refractivity contribution in [2.45, 2.75) is 18.6 Å². The first kappa shape index (κ1) is 11.5. The number of benzene rings is 2. The molecule has 0 spiro atoms. The van der Waals surface area contributed by atoms with Crippen molar-refractivity contribution in [3.8, 4) is 0 Å². The Hall–Kier alpha value is -2.29. The smallest absolute Gasteiger partial charge is 0.342 e. The van der Waals surface area contributed by atoms with Crippen LogP contribution in [0.1, 0.15) is 28.8 Å². The Kier molecular flexibility index (Phi) is 2.36. The number of fused-ring (bicyclic) bond motifs is 3. The number of ether oxygens (including phenoxy) is 1. The minimum absolute atomic E-state index is 0.220. The standard InChI is InChI=1S/C17H15NO2/c19-16-14-9-4-5-10-15(14)18-12-6-11-17(18,20-16)13-7-2-1-3-8-13/h1-5,7-10H,6,11-12H2. The second-order valence-electron chi connectivity index (χ2n) is 5.31. The van der Waals surface area contributed by atoms with Crippen LogP contribution in [-0.4, -0.2) is 12.5 Å². The van der Waals surface area contributed by atoms with Gasteiger partial charge in [0.25, 0.3) is 0 Å². The first-order chi connectivity index (χ1) is 9.81. The Bertz CT molecular complexity index is 668. The van der Waals surface area contributed by atoms with Crippen molar-refractivity contribution in [3.05, 3.63) is 65.7 Å². The van der Waals surface area contributed by atoms with Crippen LogP contribution >= 0.6 is 0 Å². The van der Waals surface area contributed by atoms with Gasteiger partial charge < -0.3 is 9.64 Å². The van der Waals surface area contributed by atoms with Crippen molar-refractivity contribution in [1.29, 1.82) is 0 Å². The van der Waals surface area contributed by atoms with E-state index in [1.807, 2.05) is 54.6 Å². The number of nitrogens with zero attached hydrogens (tertiary/aromatic N) is 1. The van der Waals surface area contributed by atoms with E-state index in [1.165, 1.54) is 0 Å². The first-order valence-electron chi connectivity index (χ1n) is 6.97. The molecule has 4 rings (SSSR count). The molecule has 2 aromatic rings. The van der Waals surface area contributed by atoms with Crippen molar-refractivity contribution in [1.82, 2.24) is 0 Å². The van der Waals surface area contributed by atoms with Gasteiger partial charge in [-0.15, -0.1) is 0 Å². The Morgan fingerprint density at radius 2 is 1.75 bits per heavy atom. The highest BCUT2D eigenvalue weighted by atomic mass is 16.6. The van der Waals surface area contributed by atoms with Gasteiger partial charge in [0.05, 0.1) is 11.3 Å². The molecule has 0 N–H and O–H groups in total. The van der Waals surface area contributed by atoms with Crippen LogP contribution < -0.4 is 4.90 Å². The molecule has 2 aliphatic rings. The lowest BCUT2D eigenvalue weighted by atomic mass is 9.96. The number of hydrogen-bond donors (Lipinski definition) is 0. The molecule has 1 saturated heterocycles. The average Bonchev–Trinajstić information content (AvgIpc) is 2.94. The highest BCUT2D eigenvalue weighted by Gasteiger charge is 2.50. The van der Waals surface area contributed by atoms with Gasteiger partial charge in [0.2, 0.25) is 5.72 Å². The third-order valence-electron chi connectivity index (χ3n) is 4.23. The summed E-state index contributed by atoms with van der Waals surface area (Å²) in [6, 6.07) is 17.8. The van der Waals surface area contributed by atoms with Crippen molar-refractivity contribution < 1.29 is 9.53 Å². The maximum absolute atomic E-state index is 12.4. The topological polar surface area (TPSA) is 29.5 Å². The normalized spacial score (nSPS) is 24.0. The summed E-state index contributed by atoms with van der Waals surface area (Å²) < 4.78 is 5.90. The Morgan fingerprint density at radius 3 is 2.60 bits per heavy atom. The lowest BCUT2D eigenvalue weighted by Crippen LogP contribution is -2.49. The van der Waals surface area contributed by atoms with E-state index in [0.29, 0.717) is 5.56 Å². The van der Waals surface area contributed by atoms with Gasteiger partial charge in [-0.25, -0.2) is 4.79 Å². The van der Waals surface area contributed by atoms with Crippen molar-refractivity contribution in [2.75, 3.05) is 11.4 Å². The summed E-state index contributed by atoms with van der Waals surface area (Å²) in [6.07, 6.45) is 1.87. The molecule has 1 fully saturated rings. The number of anilines is 1. The highest BCUT2D eigenvalue weighted by molar-refractivity contribution is 5.98. The number of para-hydroxylation sites is 1. The second-order valence-corrected chi connectivity index (χ2v) is 5.31. The largest absolute Gasteiger partial charge is 0.431 e. The molecule has 3 nitrogen and oxygen atoms in total. The zero-order chi connectivity index (χ0) is 13.6. The van der Waals surface area contributed by atoms with Gasteiger partial charge in [-0.1, -0.05) is 42.5 Å². The molecule has 1 atom stereocenters. The molecule has 2 heterocycles. The van der Waals surface area contributed by atoms with Crippen LogP contribution in [0.3, 0.4) is 0 Å². The van der Waals surface area contributed by atoms with E-state index in [1.54, 1.807) is 0 Å². The summed E-state index contributed by atoms with van der Waals surface area (Å²) in [5.74, 6) is -0.220. The van der Waals surface area contributed by atoms with Crippen LogP contribution in [0, 0.1) is 0 Å². The summed E-state index contributed by atoms with van der Waals surface area (Å²) in [4.78, 5) is 14.6. The van der Waals surface area contributed by atoms with E-state index in [4.69, 9.17) is 4.74 Å². The Labute approximate surface area is 117 Å². The SMILES string of the molecule is O=C1OC2(c3ccccc3)CCCN2c2ccccc21. The van der Waals surface area contributed by atoms with Crippen LogP contribution in [0.4, 0.5) is 5.69 Å². The molecule has 0 bridgehead atoms. The predicted octanol–water partition coefficient (Wildman–Crippen LogP) is 3.31. The van der Waals surface area contributed by atoms with Crippen LogP contribution in [-0.2, 0) is 10.5 Å². The van der Waals surface area contributed by atoms with Crippen LogP contribution in [0.25, 0.3) is 0 Å². The molecular formula is C17H15NO2. The van der Waals surface area contributed by atoms with Gasteiger partial charge >= 0.3 is 5.97 Å². The zero-order valence-electron chi connectivity index (χ0n) is 11.1. The fourth-order valence-electron chi connectivity index (χ4n) is 3.36. The number of esters is 1. The third-order valence-corrected chi connectivity index (χ3v) is 4.23. The van der Waals surface area contributed by atoms with Crippen molar-refractivity contribution in [2.24, 2.45) is 0 Å². The summed E-state index contributed by atoms with van der Waals surface area (Å²) in [6.45, 7) is 0.916. The predicted molar refractivity (Wildman–Crippen MR) is 76.6 cm³/mol. The third kappa shape index (κ3) is 1.43. The second kappa shape index (κ2) is 4.10. The molecular weight excluding hydrogens is 250 g/mol. The number of rotatable bonds is 1. The van der Waals surface area contributed by atoms with Gasteiger partial charge in [0.15, 0.2) is 0 Å². The minimum atomic E-state index is -0.618. The molecule has 0 radical (unpaired) electrons. The molecule has 0 aromatic heterocycles. The number of carbonyl (C=O) groups excluding carboxylic acids is 1. The maximum Gasteiger partial charge on any atom is 0.342 e. The van der Waals surface area contributed by atoms with Gasteiger partial charge in [-0.3, -0.25) is 0 Å². The average molecular weight is 265 g/mol. The van der Waals surface area contributed by atoms with E-state index in [-0.39, 0.29) is 5.97 Å². The monoisotopic (exact) mass is 265 g/mol. The van der Waals surface area contributed by atoms with Crippen molar-refractivity contribution in [3.63, 3.8) is 0 Å². The lowest BCUT2D eigenvalue weighted by Gasteiger charge is -2.43. The van der Waals surface area contributed by atoms with E-state index in [2.05, 4.69) is 4.90 Å². The van der Waals surface area contributed by atoms with Gasteiger partial charge in [0, 0.05) is 18.5 Å². The van der Waals surface area contributed by atoms with E-state index in [0.717, 1.165) is 30.6 Å². The Balaban J connectivity index is 1.92. The molecule has 20 heavy (non-hydrogen) atoms. The lowest BCUT2D eigenvalue weighted by molar-refractivity contribution is -0.0213. The minimum Gasteiger partial charge on any atom is -0.431 e. The van der Waals surface area contributed by atoms with E-state index >= 15 is 0 Å². The quantitative estimate of drug-likeness (QED) is 0.741. The Morgan fingerprint density at radius 1 is 1.00 bits per heavy atom. The summed E-state index contributed by atoms with van der Waals surface area (Å²) >= 11 is 0. The molecule has 0 saturated carbocycles. The number of carbonyl (C=O) groups is 1. The fraction of sp³-hybridized carbons (Fsp3) is 0.235. The molecule has 2 aromatic carbocycles. The van der Waals surface area contributed by atoms with Crippen LogP contribution in [0.15, 0.2) is 54.6 Å². The molecule has 0 aliphatic carbocycles. The zero-order valence-corrected chi connectivity index (χ0v) is 11.1. The molecule has 2 aliphatic heterocycles. The molecule has 3 heteroatoms. The summed E-state index contributed by atoms with van der Waals surface area (Å²) in [7, 11) is 0. The van der Waals surface area contributed by atoms with Crippen LogP contribution in [0.2, 0.25) is 0 Å². The maximum atomic E-state index is 12.4. The van der Waals surface area contributed by atoms with E-state index in [9.17, 15) is 4.79 Å². The number of hydrogen-bond acceptors (Lipinski definition) is 3. The van der Waals surface area contributed by atoms with Gasteiger partial charge in [0.1, 0.15) is 0 Å². The van der Waals surface area contributed by atoms with Gasteiger partial charge in [-0.05, 0) is 18.6 Å². The first-order valence-corrected chi connectivity index (χ1v) is 6.97. The molecule has 100 valence electrons. The van der Waals surface area contributed by atoms with Gasteiger partial charge in [-0.2, -0.15) is 0 Å². The van der Waals surface area contributed by atoms with E-state index < -0.39 is 5.72 Å². The van der Waals surface area contributed by atoms with Crippen LogP contribution in [0.5, 0.6) is 0 Å². The fourth-order valence-corrected chi connectivity index (χ4v) is 3.36. The summed E-state index contributed by atoms with van der Waals surface area (Å²) in [5, 5.41) is 0. The summed E-state index contributed by atoms with van der Waals surface area (Å²) in [5.41, 5.74) is 2.10. The highest BCUT2D eigenvalue weighted by Crippen LogP contribution is 2.47. The van der Waals surface area contributed by atoms with Crippen molar-refractivity contribution >= 4 is 11.7 Å². The molecule has 0 amide bonds.